The molecule has 0 aliphatic carbocycles. The molecule has 0 saturated carbocycles. The molecule has 0 heterocycles. The predicted molar refractivity (Wildman–Crippen MR) is 67.4 cm³/mol. The Labute approximate surface area is 107 Å². The number of nitrogens with two attached hydrogens (primary N) is 2. The molecule has 0 radical (unpaired) electrons. The Morgan fingerprint density at radius 3 is 2.22 bits per heavy atom. The standard InChI is InChI=1S/C11H22N4O3/c1-7(2)6-9(16)15-8(10(12)17)4-3-5-14-11(13)18/h7-8H,3-6H2,1-2H3,(H2,12,17)(H,15,16)(H3,13,14,18)/t8-/m0/s1. The first-order valence-electron chi connectivity index (χ1n) is 5.95. The quantitative estimate of drug-likeness (QED) is 0.436. The Kier molecular flexibility index (Phi) is 7.50. The van der Waals surface area contributed by atoms with Crippen molar-refractivity contribution in [2.45, 2.75) is 39.2 Å². The SMILES string of the molecule is CC(C)CC(=O)N[C@@H](CCCNC(N)=O)C(N)=O. The third-order valence-electron chi connectivity index (χ3n) is 2.24. The van der Waals surface area contributed by atoms with Gasteiger partial charge in [0.2, 0.25) is 11.8 Å². The zero-order valence-electron chi connectivity index (χ0n) is 10.9. The molecule has 1 atom stereocenters. The Morgan fingerprint density at radius 1 is 1.17 bits per heavy atom. The van der Waals surface area contributed by atoms with Crippen LogP contribution in [0.4, 0.5) is 4.79 Å². The second-order valence-corrected chi connectivity index (χ2v) is 4.55. The van der Waals surface area contributed by atoms with Gasteiger partial charge < -0.3 is 22.1 Å². The minimum Gasteiger partial charge on any atom is -0.368 e. The number of primary amides is 2. The van der Waals surface area contributed by atoms with Crippen molar-refractivity contribution in [2.75, 3.05) is 6.54 Å². The summed E-state index contributed by atoms with van der Waals surface area (Å²) in [6, 6.07) is -1.32. The molecule has 0 aromatic heterocycles. The number of carbonyl (C=O) groups is 3. The lowest BCUT2D eigenvalue weighted by Crippen LogP contribution is -2.45. The van der Waals surface area contributed by atoms with Crippen LogP contribution >= 0.6 is 0 Å². The van der Waals surface area contributed by atoms with Crippen LogP contribution in [0, 0.1) is 5.92 Å². The van der Waals surface area contributed by atoms with Gasteiger partial charge in [0.15, 0.2) is 0 Å². The van der Waals surface area contributed by atoms with Crippen LogP contribution in [0.3, 0.4) is 0 Å². The molecule has 0 rings (SSSR count). The highest BCUT2D eigenvalue weighted by Crippen LogP contribution is 2.01. The molecule has 0 aliphatic rings. The zero-order valence-corrected chi connectivity index (χ0v) is 10.9. The lowest BCUT2D eigenvalue weighted by Gasteiger charge is -2.16. The van der Waals surface area contributed by atoms with Crippen LogP contribution in [-0.2, 0) is 9.59 Å². The van der Waals surface area contributed by atoms with Gasteiger partial charge in [-0.25, -0.2) is 4.79 Å². The zero-order chi connectivity index (χ0) is 14.1. The first-order valence-corrected chi connectivity index (χ1v) is 5.95. The van der Waals surface area contributed by atoms with Gasteiger partial charge in [0.05, 0.1) is 0 Å². The van der Waals surface area contributed by atoms with Crippen LogP contribution in [0.5, 0.6) is 0 Å². The van der Waals surface area contributed by atoms with Gasteiger partial charge >= 0.3 is 6.03 Å². The Bertz CT molecular complexity index is 305. The molecule has 7 nitrogen and oxygen atoms in total. The van der Waals surface area contributed by atoms with Gasteiger partial charge in [-0.15, -0.1) is 0 Å². The van der Waals surface area contributed by atoms with Gasteiger partial charge in [-0.2, -0.15) is 0 Å². The molecule has 0 aromatic carbocycles. The summed E-state index contributed by atoms with van der Waals surface area (Å²) in [6.45, 7) is 4.17. The maximum Gasteiger partial charge on any atom is 0.312 e. The molecule has 0 saturated heterocycles. The fourth-order valence-corrected chi connectivity index (χ4v) is 1.43. The van der Waals surface area contributed by atoms with Crippen molar-refractivity contribution >= 4 is 17.8 Å². The molecule has 4 amide bonds. The van der Waals surface area contributed by atoms with E-state index in [4.69, 9.17) is 11.5 Å². The van der Waals surface area contributed by atoms with Crippen molar-refractivity contribution in [3.63, 3.8) is 0 Å². The van der Waals surface area contributed by atoms with Crippen molar-refractivity contribution in [1.29, 1.82) is 0 Å². The van der Waals surface area contributed by atoms with E-state index in [0.717, 1.165) is 0 Å². The second kappa shape index (κ2) is 8.32. The Morgan fingerprint density at radius 2 is 1.78 bits per heavy atom. The van der Waals surface area contributed by atoms with Crippen molar-refractivity contribution < 1.29 is 14.4 Å². The molecule has 104 valence electrons. The number of amides is 4. The molecule has 0 bridgehead atoms. The number of urea groups is 1. The third kappa shape index (κ3) is 8.37. The third-order valence-corrected chi connectivity index (χ3v) is 2.24. The van der Waals surface area contributed by atoms with Gasteiger partial charge in [-0.05, 0) is 18.8 Å². The minimum absolute atomic E-state index is 0.198. The van der Waals surface area contributed by atoms with Gasteiger partial charge in [-0.1, -0.05) is 13.8 Å². The smallest absolute Gasteiger partial charge is 0.312 e. The number of hydrogen-bond donors (Lipinski definition) is 4. The van der Waals surface area contributed by atoms with E-state index in [1.54, 1.807) is 0 Å². The summed E-state index contributed by atoms with van der Waals surface area (Å²) in [4.78, 5) is 33.1. The number of carbonyl (C=O) groups excluding carboxylic acids is 3. The van der Waals surface area contributed by atoms with Crippen LogP contribution in [-0.4, -0.2) is 30.4 Å². The van der Waals surface area contributed by atoms with Gasteiger partial charge in [0.25, 0.3) is 0 Å². The molecule has 7 heteroatoms. The van der Waals surface area contributed by atoms with Crippen molar-refractivity contribution in [1.82, 2.24) is 10.6 Å². The van der Waals surface area contributed by atoms with E-state index in [0.29, 0.717) is 25.8 Å². The lowest BCUT2D eigenvalue weighted by molar-refractivity contribution is -0.128. The van der Waals surface area contributed by atoms with Crippen LogP contribution < -0.4 is 22.1 Å². The predicted octanol–water partition coefficient (Wildman–Crippen LogP) is -0.549. The minimum atomic E-state index is -0.703. The topological polar surface area (TPSA) is 127 Å². The number of nitrogens with one attached hydrogen (secondary N) is 2. The van der Waals surface area contributed by atoms with Crippen LogP contribution in [0.25, 0.3) is 0 Å². The van der Waals surface area contributed by atoms with E-state index < -0.39 is 18.0 Å². The summed E-state index contributed by atoms with van der Waals surface area (Å²) in [5.74, 6) is -0.558. The Hall–Kier alpha value is -1.79. The highest BCUT2D eigenvalue weighted by molar-refractivity contribution is 5.86. The number of rotatable bonds is 8. The van der Waals surface area contributed by atoms with E-state index in [-0.39, 0.29) is 11.8 Å². The average molecular weight is 258 g/mol. The molecular weight excluding hydrogens is 236 g/mol. The maximum atomic E-state index is 11.5. The molecule has 0 fully saturated rings. The monoisotopic (exact) mass is 258 g/mol. The highest BCUT2D eigenvalue weighted by Gasteiger charge is 2.17. The second-order valence-electron chi connectivity index (χ2n) is 4.55. The van der Waals surface area contributed by atoms with Gasteiger partial charge in [0, 0.05) is 13.0 Å². The van der Waals surface area contributed by atoms with Gasteiger partial charge in [0.1, 0.15) is 6.04 Å². The molecule has 0 aliphatic heterocycles. The summed E-state index contributed by atoms with van der Waals surface area (Å²) in [5, 5.41) is 4.98. The molecule has 0 aromatic rings. The molecule has 0 spiro atoms. The summed E-state index contributed by atoms with van der Waals surface area (Å²) in [7, 11) is 0. The van der Waals surface area contributed by atoms with Crippen LogP contribution in [0.15, 0.2) is 0 Å². The summed E-state index contributed by atoms with van der Waals surface area (Å²) < 4.78 is 0. The van der Waals surface area contributed by atoms with E-state index in [2.05, 4.69) is 10.6 Å². The first-order chi connectivity index (χ1) is 8.32. The summed E-state index contributed by atoms with van der Waals surface area (Å²) in [6.07, 6.45) is 1.24. The fourth-order valence-electron chi connectivity index (χ4n) is 1.43. The summed E-state index contributed by atoms with van der Waals surface area (Å²) in [5.41, 5.74) is 10.1. The molecule has 18 heavy (non-hydrogen) atoms. The van der Waals surface area contributed by atoms with E-state index >= 15 is 0 Å². The van der Waals surface area contributed by atoms with E-state index in [1.165, 1.54) is 0 Å². The van der Waals surface area contributed by atoms with Crippen molar-refractivity contribution in [3.05, 3.63) is 0 Å². The molecule has 6 N–H and O–H groups in total. The van der Waals surface area contributed by atoms with Crippen molar-refractivity contribution in [2.24, 2.45) is 17.4 Å². The molecular formula is C11H22N4O3. The lowest BCUT2D eigenvalue weighted by atomic mass is 10.1. The first kappa shape index (κ1) is 16.2. The van der Waals surface area contributed by atoms with Crippen molar-refractivity contribution in [3.8, 4) is 0 Å². The van der Waals surface area contributed by atoms with Crippen LogP contribution in [0.1, 0.15) is 33.1 Å². The molecule has 0 unspecified atom stereocenters. The normalized spacial score (nSPS) is 11.9. The summed E-state index contributed by atoms with van der Waals surface area (Å²) >= 11 is 0. The van der Waals surface area contributed by atoms with E-state index in [1.807, 2.05) is 13.8 Å². The maximum absolute atomic E-state index is 11.5. The van der Waals surface area contributed by atoms with E-state index in [9.17, 15) is 14.4 Å². The number of hydrogen-bond acceptors (Lipinski definition) is 3. The average Bonchev–Trinajstić information content (AvgIpc) is 2.20. The van der Waals surface area contributed by atoms with Gasteiger partial charge in [-0.3, -0.25) is 9.59 Å². The fraction of sp³-hybridized carbons (Fsp3) is 0.727. The Balaban J connectivity index is 4.03. The highest BCUT2D eigenvalue weighted by atomic mass is 16.2. The van der Waals surface area contributed by atoms with Crippen LogP contribution in [0.2, 0.25) is 0 Å². The largest absolute Gasteiger partial charge is 0.368 e.